The van der Waals surface area contributed by atoms with Crippen LogP contribution in [0.3, 0.4) is 0 Å². The van der Waals surface area contributed by atoms with Gasteiger partial charge in [-0.1, -0.05) is 35.9 Å². The lowest BCUT2D eigenvalue weighted by molar-refractivity contribution is 0.0952. The van der Waals surface area contributed by atoms with Crippen molar-refractivity contribution < 1.29 is 19.0 Å². The molecule has 3 aromatic carbocycles. The smallest absolute Gasteiger partial charge is 0.275 e. The minimum absolute atomic E-state index is 0.292. The number of methoxy groups -OCH3 is 2. The van der Waals surface area contributed by atoms with E-state index in [-0.39, 0.29) is 5.91 Å². The van der Waals surface area contributed by atoms with Crippen LogP contribution in [0.5, 0.6) is 17.2 Å². The Morgan fingerprint density at radius 3 is 2.52 bits per heavy atom. The van der Waals surface area contributed by atoms with Gasteiger partial charge in [-0.25, -0.2) is 5.43 Å². The first-order valence-electron chi connectivity index (χ1n) is 9.54. The average molecular weight is 439 g/mol. The molecule has 160 valence electrons. The number of nitrogens with zero attached hydrogens (tertiary/aromatic N) is 1. The number of nitrogens with one attached hydrogen (secondary N) is 1. The Morgan fingerprint density at radius 2 is 1.77 bits per heavy atom. The molecule has 0 radical (unpaired) electrons. The first-order valence-corrected chi connectivity index (χ1v) is 9.92. The molecule has 0 atom stereocenters. The van der Waals surface area contributed by atoms with Gasteiger partial charge in [-0.3, -0.25) is 4.79 Å². The quantitative estimate of drug-likeness (QED) is 0.396. The Hall–Kier alpha value is -3.51. The number of carbonyl (C=O) groups is 1. The molecular weight excluding hydrogens is 416 g/mol. The number of hydrogen-bond donors (Lipinski definition) is 1. The Labute approximate surface area is 186 Å². The number of rotatable bonds is 8. The molecule has 0 saturated heterocycles. The lowest BCUT2D eigenvalue weighted by Gasteiger charge is -2.12. The molecule has 0 spiro atoms. The molecule has 0 bridgehead atoms. The van der Waals surface area contributed by atoms with Crippen molar-refractivity contribution in [3.05, 3.63) is 87.9 Å². The van der Waals surface area contributed by atoms with E-state index in [9.17, 15) is 4.79 Å². The van der Waals surface area contributed by atoms with E-state index in [4.69, 9.17) is 25.8 Å². The number of benzene rings is 3. The van der Waals surface area contributed by atoms with Gasteiger partial charge in [0.15, 0.2) is 11.5 Å². The Morgan fingerprint density at radius 1 is 1.00 bits per heavy atom. The number of ether oxygens (including phenoxy) is 3. The summed E-state index contributed by atoms with van der Waals surface area (Å²) < 4.78 is 16.5. The molecule has 1 amide bonds. The molecule has 1 N–H and O–H groups in total. The summed E-state index contributed by atoms with van der Waals surface area (Å²) in [6.45, 7) is 2.22. The fraction of sp³-hybridized carbons (Fsp3) is 0.167. The highest BCUT2D eigenvalue weighted by Gasteiger charge is 2.12. The first-order chi connectivity index (χ1) is 15.0. The summed E-state index contributed by atoms with van der Waals surface area (Å²) in [5, 5.41) is 4.68. The third-order valence-corrected chi connectivity index (χ3v) is 4.88. The van der Waals surface area contributed by atoms with Crippen LogP contribution in [0.15, 0.2) is 65.8 Å². The molecule has 0 aliphatic carbocycles. The van der Waals surface area contributed by atoms with E-state index in [0.717, 1.165) is 16.7 Å². The highest BCUT2D eigenvalue weighted by molar-refractivity contribution is 6.31. The SMILES string of the molecule is COc1ccc(/C=N/NC(=O)c2ccc(C)cc2OC)cc1OCc1ccccc1Cl. The van der Waals surface area contributed by atoms with Gasteiger partial charge < -0.3 is 14.2 Å². The van der Waals surface area contributed by atoms with Gasteiger partial charge in [0.05, 0.1) is 26.0 Å². The topological polar surface area (TPSA) is 69.2 Å². The van der Waals surface area contributed by atoms with Crippen LogP contribution in [0, 0.1) is 6.92 Å². The second-order valence-corrected chi connectivity index (χ2v) is 7.10. The lowest BCUT2D eigenvalue weighted by atomic mass is 10.1. The van der Waals surface area contributed by atoms with E-state index in [0.29, 0.717) is 34.4 Å². The van der Waals surface area contributed by atoms with E-state index in [1.54, 1.807) is 31.4 Å². The molecular formula is C24H23ClN2O4. The Kier molecular flexibility index (Phi) is 7.51. The average Bonchev–Trinajstić information content (AvgIpc) is 2.78. The summed E-state index contributed by atoms with van der Waals surface area (Å²) >= 11 is 6.19. The number of aryl methyl sites for hydroxylation is 1. The second kappa shape index (κ2) is 10.5. The van der Waals surface area contributed by atoms with E-state index < -0.39 is 0 Å². The van der Waals surface area contributed by atoms with Crippen LogP contribution in [0.4, 0.5) is 0 Å². The summed E-state index contributed by atoms with van der Waals surface area (Å²) in [5.41, 5.74) is 5.51. The molecule has 6 nitrogen and oxygen atoms in total. The van der Waals surface area contributed by atoms with Gasteiger partial charge in [-0.15, -0.1) is 0 Å². The maximum Gasteiger partial charge on any atom is 0.275 e. The predicted octanol–water partition coefficient (Wildman–Crippen LogP) is 5.01. The van der Waals surface area contributed by atoms with Crippen LogP contribution in [-0.4, -0.2) is 26.3 Å². The van der Waals surface area contributed by atoms with Crippen molar-refractivity contribution >= 4 is 23.7 Å². The predicted molar refractivity (Wildman–Crippen MR) is 122 cm³/mol. The number of halogens is 1. The third-order valence-electron chi connectivity index (χ3n) is 4.51. The molecule has 31 heavy (non-hydrogen) atoms. The molecule has 7 heteroatoms. The van der Waals surface area contributed by atoms with E-state index in [1.807, 2.05) is 43.3 Å². The maximum absolute atomic E-state index is 12.4. The fourth-order valence-electron chi connectivity index (χ4n) is 2.87. The fourth-order valence-corrected chi connectivity index (χ4v) is 3.06. The van der Waals surface area contributed by atoms with Crippen molar-refractivity contribution in [2.24, 2.45) is 5.10 Å². The highest BCUT2D eigenvalue weighted by Crippen LogP contribution is 2.29. The van der Waals surface area contributed by atoms with E-state index in [2.05, 4.69) is 10.5 Å². The van der Waals surface area contributed by atoms with Crippen molar-refractivity contribution in [3.63, 3.8) is 0 Å². The van der Waals surface area contributed by atoms with Gasteiger partial charge in [-0.05, 0) is 54.4 Å². The molecule has 0 aromatic heterocycles. The van der Waals surface area contributed by atoms with Gasteiger partial charge in [0, 0.05) is 10.6 Å². The minimum Gasteiger partial charge on any atom is -0.496 e. The first kappa shape index (κ1) is 22.2. The van der Waals surface area contributed by atoms with Crippen molar-refractivity contribution in [1.82, 2.24) is 5.43 Å². The molecule has 3 rings (SSSR count). The molecule has 0 fully saturated rings. The normalized spacial score (nSPS) is 10.7. The summed E-state index contributed by atoms with van der Waals surface area (Å²) in [6, 6.07) is 18.2. The van der Waals surface area contributed by atoms with Crippen molar-refractivity contribution in [3.8, 4) is 17.2 Å². The number of hydrogen-bond acceptors (Lipinski definition) is 5. The van der Waals surface area contributed by atoms with E-state index in [1.165, 1.54) is 13.3 Å². The Balaban J connectivity index is 1.70. The molecule has 3 aromatic rings. The maximum atomic E-state index is 12.4. The van der Waals surface area contributed by atoms with Crippen LogP contribution in [0.25, 0.3) is 0 Å². The van der Waals surface area contributed by atoms with Gasteiger partial charge >= 0.3 is 0 Å². The van der Waals surface area contributed by atoms with Crippen LogP contribution in [0.1, 0.15) is 27.0 Å². The number of amides is 1. The summed E-state index contributed by atoms with van der Waals surface area (Å²) in [6.07, 6.45) is 1.53. The van der Waals surface area contributed by atoms with Crippen LogP contribution in [0.2, 0.25) is 5.02 Å². The van der Waals surface area contributed by atoms with E-state index >= 15 is 0 Å². The number of hydrazone groups is 1. The summed E-state index contributed by atoms with van der Waals surface area (Å²) in [4.78, 5) is 12.4. The summed E-state index contributed by atoms with van der Waals surface area (Å²) in [5.74, 6) is 1.25. The largest absolute Gasteiger partial charge is 0.496 e. The molecule has 0 heterocycles. The number of carbonyl (C=O) groups excluding carboxylic acids is 1. The zero-order valence-electron chi connectivity index (χ0n) is 17.5. The van der Waals surface area contributed by atoms with Crippen LogP contribution < -0.4 is 19.6 Å². The zero-order valence-corrected chi connectivity index (χ0v) is 18.3. The third kappa shape index (κ3) is 5.77. The Bertz CT molecular complexity index is 1100. The van der Waals surface area contributed by atoms with Gasteiger partial charge in [0.1, 0.15) is 12.4 Å². The standard InChI is InChI=1S/C24H23ClN2O4/c1-16-8-10-19(22(12-16)30-3)24(28)27-26-14-17-9-11-21(29-2)23(13-17)31-15-18-6-4-5-7-20(18)25/h4-14H,15H2,1-3H3,(H,27,28)/b26-14+. The zero-order chi connectivity index (χ0) is 22.2. The molecule has 0 unspecified atom stereocenters. The second-order valence-electron chi connectivity index (χ2n) is 6.69. The van der Waals surface area contributed by atoms with Crippen LogP contribution >= 0.6 is 11.6 Å². The van der Waals surface area contributed by atoms with Crippen molar-refractivity contribution in [2.75, 3.05) is 14.2 Å². The van der Waals surface area contributed by atoms with Gasteiger partial charge in [0.25, 0.3) is 5.91 Å². The lowest BCUT2D eigenvalue weighted by Crippen LogP contribution is -2.18. The minimum atomic E-state index is -0.364. The monoisotopic (exact) mass is 438 g/mol. The van der Waals surface area contributed by atoms with Crippen molar-refractivity contribution in [2.45, 2.75) is 13.5 Å². The highest BCUT2D eigenvalue weighted by atomic mass is 35.5. The molecule has 0 aliphatic heterocycles. The molecule has 0 aliphatic rings. The van der Waals surface area contributed by atoms with Gasteiger partial charge in [0.2, 0.25) is 0 Å². The summed E-state index contributed by atoms with van der Waals surface area (Å²) in [7, 11) is 3.09. The molecule has 0 saturated carbocycles. The van der Waals surface area contributed by atoms with Gasteiger partial charge in [-0.2, -0.15) is 5.10 Å². The van der Waals surface area contributed by atoms with Crippen molar-refractivity contribution in [1.29, 1.82) is 0 Å². The van der Waals surface area contributed by atoms with Crippen LogP contribution in [-0.2, 0) is 6.61 Å².